The van der Waals surface area contributed by atoms with Crippen molar-refractivity contribution < 1.29 is 23.8 Å². The molecule has 0 heterocycles. The summed E-state index contributed by atoms with van der Waals surface area (Å²) in [6.07, 6.45) is 71.1. The highest BCUT2D eigenvalue weighted by molar-refractivity contribution is 5.70. The maximum Gasteiger partial charge on any atom is 0.306 e. The third-order valence-electron chi connectivity index (χ3n) is 10.3. The van der Waals surface area contributed by atoms with E-state index in [-0.39, 0.29) is 31.6 Å². The second-order valence-corrected chi connectivity index (χ2v) is 16.3. The van der Waals surface area contributed by atoms with Crippen molar-refractivity contribution in [1.82, 2.24) is 0 Å². The molecule has 352 valence electrons. The van der Waals surface area contributed by atoms with Gasteiger partial charge in [-0.25, -0.2) is 0 Å². The van der Waals surface area contributed by atoms with Crippen molar-refractivity contribution in [2.24, 2.45) is 0 Å². The number of carbonyl (C=O) groups excluding carboxylic acids is 2. The molecule has 5 heteroatoms. The SMILES string of the molecule is CC/C=C\C/C=C\C/C=C\C/C=C\CCC(=O)OC(COCCCCCCCC/C=C\C/C=C\CCCCC)COC(=O)CCCCCCCCC/C=C\C/C=C\C/C=C\CC. The molecular weight excluding hydrogens is 765 g/mol. The van der Waals surface area contributed by atoms with Crippen molar-refractivity contribution >= 4 is 11.9 Å². The molecule has 0 radical (unpaired) electrons. The molecule has 1 unspecified atom stereocenters. The molecule has 5 nitrogen and oxygen atoms in total. The van der Waals surface area contributed by atoms with Crippen LogP contribution < -0.4 is 0 Å². The molecular formula is C57H94O5. The van der Waals surface area contributed by atoms with E-state index in [0.29, 0.717) is 19.4 Å². The van der Waals surface area contributed by atoms with Crippen LogP contribution in [0.2, 0.25) is 0 Å². The van der Waals surface area contributed by atoms with Gasteiger partial charge in [0.25, 0.3) is 0 Å². The summed E-state index contributed by atoms with van der Waals surface area (Å²) in [4.78, 5) is 25.3. The smallest absolute Gasteiger partial charge is 0.306 e. The molecule has 0 aromatic rings. The average Bonchev–Trinajstić information content (AvgIpc) is 3.27. The van der Waals surface area contributed by atoms with Crippen molar-refractivity contribution in [1.29, 1.82) is 0 Å². The molecule has 0 saturated heterocycles. The van der Waals surface area contributed by atoms with E-state index in [1.807, 2.05) is 6.08 Å². The summed E-state index contributed by atoms with van der Waals surface area (Å²) in [6.45, 7) is 7.45. The number of rotatable bonds is 45. The molecule has 0 amide bonds. The number of carbonyl (C=O) groups is 2. The zero-order chi connectivity index (χ0) is 44.9. The predicted molar refractivity (Wildman–Crippen MR) is 269 cm³/mol. The van der Waals surface area contributed by atoms with Crippen molar-refractivity contribution in [3.8, 4) is 0 Å². The predicted octanol–water partition coefficient (Wildman–Crippen LogP) is 17.2. The minimum absolute atomic E-state index is 0.0409. The lowest BCUT2D eigenvalue weighted by Crippen LogP contribution is -2.30. The Bertz CT molecular complexity index is 1250. The van der Waals surface area contributed by atoms with E-state index in [2.05, 4.69) is 124 Å². The van der Waals surface area contributed by atoms with E-state index in [1.165, 1.54) is 77.0 Å². The van der Waals surface area contributed by atoms with Crippen molar-refractivity contribution in [3.05, 3.63) is 109 Å². The molecule has 0 bridgehead atoms. The van der Waals surface area contributed by atoms with Crippen LogP contribution in [-0.2, 0) is 23.8 Å². The van der Waals surface area contributed by atoms with Crippen LogP contribution in [0.25, 0.3) is 0 Å². The van der Waals surface area contributed by atoms with E-state index >= 15 is 0 Å². The van der Waals surface area contributed by atoms with Crippen molar-refractivity contribution in [2.45, 2.75) is 219 Å². The molecule has 0 aliphatic heterocycles. The van der Waals surface area contributed by atoms with Gasteiger partial charge in [0.2, 0.25) is 0 Å². The van der Waals surface area contributed by atoms with E-state index in [1.54, 1.807) is 0 Å². The van der Waals surface area contributed by atoms with Crippen LogP contribution >= 0.6 is 0 Å². The molecule has 0 aliphatic carbocycles. The van der Waals surface area contributed by atoms with Gasteiger partial charge in [0, 0.05) is 19.4 Å². The summed E-state index contributed by atoms with van der Waals surface area (Å²) in [6, 6.07) is 0. The Balaban J connectivity index is 4.39. The Morgan fingerprint density at radius 3 is 1.23 bits per heavy atom. The van der Waals surface area contributed by atoms with Gasteiger partial charge in [0.1, 0.15) is 6.61 Å². The Labute approximate surface area is 383 Å². The standard InChI is InChI=1S/C57H94O5/c1-4-7-10-13-16-19-22-25-27-29-30-33-35-38-41-44-47-50-56(58)61-54-55(62-57(59)51-48-45-42-39-36-32-24-21-18-15-12-9-6-3)53-60-52-49-46-43-40-37-34-31-28-26-23-20-17-14-11-8-5-2/h7,9-10,12,16-21,25-28,32,36,42,45,55H,4-6,8,11,13-15,22-24,29-31,33-35,37-41,43-44,46-54H2,1-3H3/b10-7-,12-9-,19-16-,20-17-,21-18-,27-25-,28-26-,36-32-,45-42-. The first-order valence-electron chi connectivity index (χ1n) is 25.4. The first kappa shape index (κ1) is 58.6. The summed E-state index contributed by atoms with van der Waals surface area (Å²) in [5.74, 6) is -0.514. The normalized spacial score (nSPS) is 13.1. The Hall–Kier alpha value is -3.44. The minimum atomic E-state index is -0.590. The fraction of sp³-hybridized carbons (Fsp3) is 0.649. The van der Waals surface area contributed by atoms with Gasteiger partial charge in [-0.1, -0.05) is 201 Å². The Kier molecular flexibility index (Phi) is 49.0. The minimum Gasteiger partial charge on any atom is -0.462 e. The number of hydrogen-bond donors (Lipinski definition) is 0. The van der Waals surface area contributed by atoms with Gasteiger partial charge < -0.3 is 14.2 Å². The van der Waals surface area contributed by atoms with E-state index in [0.717, 1.165) is 96.3 Å². The zero-order valence-electron chi connectivity index (χ0n) is 40.3. The molecule has 0 aromatic carbocycles. The van der Waals surface area contributed by atoms with Crippen LogP contribution in [0.3, 0.4) is 0 Å². The van der Waals surface area contributed by atoms with Crippen LogP contribution in [0.15, 0.2) is 109 Å². The lowest BCUT2D eigenvalue weighted by Gasteiger charge is -2.18. The van der Waals surface area contributed by atoms with E-state index in [9.17, 15) is 9.59 Å². The topological polar surface area (TPSA) is 61.8 Å². The van der Waals surface area contributed by atoms with Crippen LogP contribution in [-0.4, -0.2) is 37.9 Å². The second-order valence-electron chi connectivity index (χ2n) is 16.3. The maximum absolute atomic E-state index is 12.7. The molecule has 0 aliphatic rings. The fourth-order valence-corrected chi connectivity index (χ4v) is 6.57. The molecule has 0 rings (SSSR count). The third kappa shape index (κ3) is 49.2. The monoisotopic (exact) mass is 859 g/mol. The summed E-state index contributed by atoms with van der Waals surface area (Å²) in [7, 11) is 0. The van der Waals surface area contributed by atoms with E-state index in [4.69, 9.17) is 14.2 Å². The van der Waals surface area contributed by atoms with Crippen LogP contribution in [0, 0.1) is 0 Å². The van der Waals surface area contributed by atoms with Crippen molar-refractivity contribution in [2.75, 3.05) is 19.8 Å². The number of unbranched alkanes of at least 4 members (excludes halogenated alkanes) is 16. The van der Waals surface area contributed by atoms with Gasteiger partial charge in [-0.2, -0.15) is 0 Å². The van der Waals surface area contributed by atoms with E-state index < -0.39 is 6.10 Å². The second kappa shape index (κ2) is 51.9. The number of allylic oxidation sites excluding steroid dienone is 18. The Morgan fingerprint density at radius 2 is 0.758 bits per heavy atom. The summed E-state index contributed by atoms with van der Waals surface area (Å²) < 4.78 is 17.3. The first-order chi connectivity index (χ1) is 30.6. The maximum atomic E-state index is 12.7. The zero-order valence-corrected chi connectivity index (χ0v) is 40.3. The van der Waals surface area contributed by atoms with Gasteiger partial charge in [-0.15, -0.1) is 0 Å². The molecule has 1 atom stereocenters. The number of ether oxygens (including phenoxy) is 3. The highest BCUT2D eigenvalue weighted by Gasteiger charge is 2.17. The quantitative estimate of drug-likeness (QED) is 0.0347. The van der Waals surface area contributed by atoms with Gasteiger partial charge in [-0.05, 0) is 109 Å². The van der Waals surface area contributed by atoms with Crippen LogP contribution in [0.4, 0.5) is 0 Å². The third-order valence-corrected chi connectivity index (χ3v) is 10.3. The Morgan fingerprint density at radius 1 is 0.371 bits per heavy atom. The van der Waals surface area contributed by atoms with Gasteiger partial charge in [0.05, 0.1) is 6.61 Å². The molecule has 62 heavy (non-hydrogen) atoms. The van der Waals surface area contributed by atoms with Gasteiger partial charge >= 0.3 is 11.9 Å². The molecule has 0 spiro atoms. The lowest BCUT2D eigenvalue weighted by atomic mass is 10.1. The van der Waals surface area contributed by atoms with Gasteiger partial charge in [0.15, 0.2) is 6.10 Å². The average molecular weight is 859 g/mol. The molecule has 0 fully saturated rings. The summed E-state index contributed by atoms with van der Waals surface area (Å²) >= 11 is 0. The van der Waals surface area contributed by atoms with Crippen molar-refractivity contribution in [3.63, 3.8) is 0 Å². The fourth-order valence-electron chi connectivity index (χ4n) is 6.57. The molecule has 0 N–H and O–H groups in total. The number of esters is 2. The van der Waals surface area contributed by atoms with Crippen LogP contribution in [0.1, 0.15) is 213 Å². The lowest BCUT2D eigenvalue weighted by molar-refractivity contribution is -0.162. The first-order valence-corrected chi connectivity index (χ1v) is 25.4. The largest absolute Gasteiger partial charge is 0.462 e. The van der Waals surface area contributed by atoms with Crippen LogP contribution in [0.5, 0.6) is 0 Å². The highest BCUT2D eigenvalue weighted by atomic mass is 16.6. The summed E-state index contributed by atoms with van der Waals surface area (Å²) in [5, 5.41) is 0. The molecule has 0 saturated carbocycles. The molecule has 0 aromatic heterocycles. The highest BCUT2D eigenvalue weighted by Crippen LogP contribution is 2.12. The van der Waals surface area contributed by atoms with Gasteiger partial charge in [-0.3, -0.25) is 9.59 Å². The summed E-state index contributed by atoms with van der Waals surface area (Å²) in [5.41, 5.74) is 0. The number of hydrogen-bond acceptors (Lipinski definition) is 5.